The molecule has 0 atom stereocenters. The number of ether oxygens (including phenoxy) is 1. The predicted octanol–water partition coefficient (Wildman–Crippen LogP) is 5.36. The van der Waals surface area contributed by atoms with Crippen LogP contribution in [-0.4, -0.2) is 16.5 Å². The summed E-state index contributed by atoms with van der Waals surface area (Å²) in [7, 11) is 0. The summed E-state index contributed by atoms with van der Waals surface area (Å²) in [5.41, 5.74) is 0.676. The van der Waals surface area contributed by atoms with Gasteiger partial charge in [0, 0.05) is 29.5 Å². The van der Waals surface area contributed by atoms with E-state index >= 15 is 0 Å². The van der Waals surface area contributed by atoms with Gasteiger partial charge in [0.2, 0.25) is 0 Å². The zero-order chi connectivity index (χ0) is 19.4. The second-order valence-electron chi connectivity index (χ2n) is 5.57. The third kappa shape index (κ3) is 4.82. The number of nitro groups is 1. The van der Waals surface area contributed by atoms with Crippen LogP contribution in [0.4, 0.5) is 18.9 Å². The van der Waals surface area contributed by atoms with Crippen LogP contribution in [0.5, 0.6) is 5.75 Å². The van der Waals surface area contributed by atoms with Crippen molar-refractivity contribution in [3.63, 3.8) is 0 Å². The van der Waals surface area contributed by atoms with Gasteiger partial charge in [-0.1, -0.05) is 12.1 Å². The minimum atomic E-state index is -4.36. The van der Waals surface area contributed by atoms with Gasteiger partial charge in [0.15, 0.2) is 0 Å². The molecule has 0 aliphatic rings. The lowest BCUT2D eigenvalue weighted by molar-refractivity contribution is -0.384. The van der Waals surface area contributed by atoms with Crippen LogP contribution in [0.3, 0.4) is 0 Å². The maximum absolute atomic E-state index is 12.6. The number of benzene rings is 2. The Bertz CT molecular complexity index is 922. The van der Waals surface area contributed by atoms with Crippen molar-refractivity contribution in [2.45, 2.75) is 12.6 Å². The third-order valence-corrected chi connectivity index (χ3v) is 4.63. The number of rotatable bonds is 6. The molecule has 5 nitrogen and oxygen atoms in total. The summed E-state index contributed by atoms with van der Waals surface area (Å²) >= 11 is 1.34. The van der Waals surface area contributed by atoms with Crippen LogP contribution in [0.25, 0.3) is 10.6 Å². The number of thiazole rings is 1. The first kappa shape index (κ1) is 18.8. The predicted molar refractivity (Wildman–Crippen MR) is 94.8 cm³/mol. The van der Waals surface area contributed by atoms with Crippen molar-refractivity contribution in [1.29, 1.82) is 0 Å². The highest BCUT2D eigenvalue weighted by Crippen LogP contribution is 2.31. The molecule has 0 saturated heterocycles. The summed E-state index contributed by atoms with van der Waals surface area (Å²) in [5.74, 6) is 0.513. The highest BCUT2D eigenvalue weighted by atomic mass is 32.1. The summed E-state index contributed by atoms with van der Waals surface area (Å²) < 4.78 is 43.4. The SMILES string of the molecule is O=[N+]([O-])c1ccc(OCCc2csc(-c3ccc(C(F)(F)F)cc3)n2)cc1. The van der Waals surface area contributed by atoms with Gasteiger partial charge in [-0.2, -0.15) is 13.2 Å². The molecule has 27 heavy (non-hydrogen) atoms. The smallest absolute Gasteiger partial charge is 0.416 e. The van der Waals surface area contributed by atoms with E-state index in [1.165, 1.54) is 47.7 Å². The summed E-state index contributed by atoms with van der Waals surface area (Å²) in [4.78, 5) is 14.5. The molecule has 0 spiro atoms. The molecule has 9 heteroatoms. The van der Waals surface area contributed by atoms with Crippen molar-refractivity contribution < 1.29 is 22.8 Å². The number of alkyl halides is 3. The Morgan fingerprint density at radius 3 is 2.33 bits per heavy atom. The van der Waals surface area contributed by atoms with Crippen LogP contribution in [0, 0.1) is 10.1 Å². The quantitative estimate of drug-likeness (QED) is 0.417. The molecule has 0 radical (unpaired) electrons. The normalized spacial score (nSPS) is 11.4. The van der Waals surface area contributed by atoms with Crippen LogP contribution < -0.4 is 4.74 Å². The molecular formula is C18H13F3N2O3S. The van der Waals surface area contributed by atoms with E-state index in [2.05, 4.69) is 4.98 Å². The van der Waals surface area contributed by atoms with Gasteiger partial charge >= 0.3 is 6.18 Å². The van der Waals surface area contributed by atoms with Crippen LogP contribution >= 0.6 is 11.3 Å². The first-order chi connectivity index (χ1) is 12.8. The number of halogens is 3. The first-order valence-electron chi connectivity index (χ1n) is 7.82. The largest absolute Gasteiger partial charge is 0.493 e. The topological polar surface area (TPSA) is 65.3 Å². The monoisotopic (exact) mass is 394 g/mol. The molecule has 1 heterocycles. The molecule has 3 aromatic rings. The van der Waals surface area contributed by atoms with Crippen LogP contribution in [0.1, 0.15) is 11.3 Å². The Morgan fingerprint density at radius 1 is 1.07 bits per heavy atom. The van der Waals surface area contributed by atoms with Crippen molar-refractivity contribution in [3.8, 4) is 16.3 Å². The third-order valence-electron chi connectivity index (χ3n) is 3.69. The fourth-order valence-electron chi connectivity index (χ4n) is 2.29. The van der Waals surface area contributed by atoms with E-state index in [1.54, 1.807) is 0 Å². The average molecular weight is 394 g/mol. The van der Waals surface area contributed by atoms with E-state index in [0.717, 1.165) is 17.8 Å². The molecule has 0 fully saturated rings. The highest BCUT2D eigenvalue weighted by molar-refractivity contribution is 7.13. The first-order valence-corrected chi connectivity index (χ1v) is 8.70. The van der Waals surface area contributed by atoms with E-state index in [9.17, 15) is 23.3 Å². The second kappa shape index (κ2) is 7.75. The number of nitro benzene ring substituents is 1. The molecule has 1 aromatic heterocycles. The number of non-ortho nitro benzene ring substituents is 1. The van der Waals surface area contributed by atoms with Crippen molar-refractivity contribution in [2.75, 3.05) is 6.61 Å². The molecule has 0 unspecified atom stereocenters. The van der Waals surface area contributed by atoms with Crippen molar-refractivity contribution in [1.82, 2.24) is 4.98 Å². The fourth-order valence-corrected chi connectivity index (χ4v) is 3.15. The average Bonchev–Trinajstić information content (AvgIpc) is 3.10. The van der Waals surface area contributed by atoms with Crippen molar-refractivity contribution >= 4 is 17.0 Å². The summed E-state index contributed by atoms with van der Waals surface area (Å²) in [6, 6.07) is 10.6. The molecular weight excluding hydrogens is 381 g/mol. The Hall–Kier alpha value is -2.94. The van der Waals surface area contributed by atoms with Gasteiger partial charge in [0.05, 0.1) is 22.8 Å². The Labute approximate surface area is 156 Å². The molecule has 0 bridgehead atoms. The zero-order valence-corrected chi connectivity index (χ0v) is 14.6. The van der Waals surface area contributed by atoms with Gasteiger partial charge in [-0.3, -0.25) is 10.1 Å². The molecule has 0 aliphatic heterocycles. The maximum Gasteiger partial charge on any atom is 0.416 e. The number of hydrogen-bond acceptors (Lipinski definition) is 5. The van der Waals surface area contributed by atoms with Crippen LogP contribution in [0.2, 0.25) is 0 Å². The summed E-state index contributed by atoms with van der Waals surface area (Å²) in [5, 5.41) is 13.1. The second-order valence-corrected chi connectivity index (χ2v) is 6.43. The van der Waals surface area contributed by atoms with E-state index in [4.69, 9.17) is 4.74 Å². The lowest BCUT2D eigenvalue weighted by atomic mass is 10.1. The van der Waals surface area contributed by atoms with E-state index in [0.29, 0.717) is 29.3 Å². The lowest BCUT2D eigenvalue weighted by Gasteiger charge is -2.06. The van der Waals surface area contributed by atoms with Crippen molar-refractivity contribution in [2.24, 2.45) is 0 Å². The Balaban J connectivity index is 1.57. The summed E-state index contributed by atoms with van der Waals surface area (Å²) in [6.07, 6.45) is -3.85. The lowest BCUT2D eigenvalue weighted by Crippen LogP contribution is -2.04. The van der Waals surface area contributed by atoms with Crippen LogP contribution in [0.15, 0.2) is 53.9 Å². The standard InChI is InChI=1S/C18H13F3N2O3S/c19-18(20,21)13-3-1-12(2-4-13)17-22-14(11-27-17)9-10-26-16-7-5-15(6-8-16)23(24)25/h1-8,11H,9-10H2. The molecule has 2 aromatic carbocycles. The van der Waals surface area contributed by atoms with E-state index in [-0.39, 0.29) is 5.69 Å². The number of nitrogens with zero attached hydrogens (tertiary/aromatic N) is 2. The Kier molecular flexibility index (Phi) is 5.41. The van der Waals surface area contributed by atoms with Gasteiger partial charge in [0.25, 0.3) is 5.69 Å². The van der Waals surface area contributed by atoms with Crippen molar-refractivity contribution in [3.05, 3.63) is 75.3 Å². The van der Waals surface area contributed by atoms with Gasteiger partial charge < -0.3 is 4.74 Å². The molecule has 0 saturated carbocycles. The molecule has 0 amide bonds. The van der Waals surface area contributed by atoms with E-state index in [1.807, 2.05) is 5.38 Å². The van der Waals surface area contributed by atoms with E-state index < -0.39 is 16.7 Å². The Morgan fingerprint density at radius 2 is 1.74 bits per heavy atom. The molecule has 140 valence electrons. The van der Waals surface area contributed by atoms with Gasteiger partial charge in [-0.25, -0.2) is 4.98 Å². The van der Waals surface area contributed by atoms with Gasteiger partial charge in [-0.05, 0) is 24.3 Å². The summed E-state index contributed by atoms with van der Waals surface area (Å²) in [6.45, 7) is 0.327. The maximum atomic E-state index is 12.6. The minimum absolute atomic E-state index is 0.0111. The fraction of sp³-hybridized carbons (Fsp3) is 0.167. The zero-order valence-electron chi connectivity index (χ0n) is 13.8. The molecule has 0 aliphatic carbocycles. The van der Waals surface area contributed by atoms with Gasteiger partial charge in [0.1, 0.15) is 10.8 Å². The number of aromatic nitrogens is 1. The number of hydrogen-bond donors (Lipinski definition) is 0. The highest BCUT2D eigenvalue weighted by Gasteiger charge is 2.30. The molecule has 0 N–H and O–H groups in total. The molecule has 3 rings (SSSR count). The van der Waals surface area contributed by atoms with Gasteiger partial charge in [-0.15, -0.1) is 11.3 Å². The minimum Gasteiger partial charge on any atom is -0.493 e. The van der Waals surface area contributed by atoms with Crippen LogP contribution in [-0.2, 0) is 12.6 Å².